The van der Waals surface area contributed by atoms with Gasteiger partial charge in [0.15, 0.2) is 12.4 Å². The summed E-state index contributed by atoms with van der Waals surface area (Å²) >= 11 is 0. The molecule has 0 saturated carbocycles. The second-order valence-electron chi connectivity index (χ2n) is 2.78. The van der Waals surface area contributed by atoms with Crippen LogP contribution in [0.2, 0.25) is 0 Å². The van der Waals surface area contributed by atoms with Crippen molar-refractivity contribution in [2.45, 2.75) is 6.92 Å². The maximum Gasteiger partial charge on any atom is 0.174 e. The molecule has 0 atom stereocenters. The lowest BCUT2D eigenvalue weighted by atomic mass is 10.1. The summed E-state index contributed by atoms with van der Waals surface area (Å²) in [5.41, 5.74) is 1.30. The maximum absolute atomic E-state index is 3.06. The summed E-state index contributed by atoms with van der Waals surface area (Å²) in [6.07, 6.45) is 3.96. The second kappa shape index (κ2) is 2.35. The summed E-state index contributed by atoms with van der Waals surface area (Å²) in [5, 5.41) is 2.56. The molecule has 0 unspecified atom stereocenters. The van der Waals surface area contributed by atoms with Gasteiger partial charge >= 0.3 is 0 Å². The van der Waals surface area contributed by atoms with Gasteiger partial charge in [-0.1, -0.05) is 17.7 Å². The average Bonchev–Trinajstić information content (AvgIpc) is 2.04. The minimum Gasteiger partial charge on any atom is -0.217 e. The van der Waals surface area contributed by atoms with Gasteiger partial charge in [0.05, 0.1) is 0 Å². The first-order valence-electron chi connectivity index (χ1n) is 3.73. The number of pyridine rings is 1. The van der Waals surface area contributed by atoms with Crippen LogP contribution < -0.4 is 4.98 Å². The minimum absolute atomic E-state index is 1.27. The number of hydrogen-bond acceptors (Lipinski definition) is 0. The number of aromatic nitrogens is 1. The Morgan fingerprint density at radius 1 is 1.09 bits per heavy atom. The molecule has 54 valence electrons. The molecule has 0 fully saturated rings. The molecule has 0 amide bonds. The molecule has 1 aromatic carbocycles. The number of benzene rings is 1. The van der Waals surface area contributed by atoms with Gasteiger partial charge in [-0.15, -0.1) is 0 Å². The molecule has 0 bridgehead atoms. The molecular formula is C10H10N+. The summed E-state index contributed by atoms with van der Waals surface area (Å²) in [4.78, 5) is 3.06. The highest BCUT2D eigenvalue weighted by atomic mass is 14.6. The zero-order chi connectivity index (χ0) is 7.68. The lowest BCUT2D eigenvalue weighted by molar-refractivity contribution is -0.375. The highest BCUT2D eigenvalue weighted by Gasteiger charge is 1.93. The van der Waals surface area contributed by atoms with Crippen molar-refractivity contribution in [1.29, 1.82) is 0 Å². The molecule has 1 aromatic heterocycles. The van der Waals surface area contributed by atoms with E-state index in [1.54, 1.807) is 0 Å². The van der Waals surface area contributed by atoms with Crippen LogP contribution in [-0.4, -0.2) is 0 Å². The molecule has 0 radical (unpaired) electrons. The molecule has 0 aliphatic carbocycles. The van der Waals surface area contributed by atoms with Crippen molar-refractivity contribution < 1.29 is 4.98 Å². The third-order valence-corrected chi connectivity index (χ3v) is 1.84. The number of fused-ring (bicyclic) bond motifs is 1. The number of H-pyrrole nitrogens is 1. The van der Waals surface area contributed by atoms with E-state index < -0.39 is 0 Å². The second-order valence-corrected chi connectivity index (χ2v) is 2.78. The highest BCUT2D eigenvalue weighted by Crippen LogP contribution is 2.11. The molecule has 2 aromatic rings. The fourth-order valence-corrected chi connectivity index (χ4v) is 1.25. The maximum atomic E-state index is 3.06. The molecule has 0 spiro atoms. The number of rotatable bonds is 0. The van der Waals surface area contributed by atoms with Gasteiger partial charge in [-0.05, 0) is 18.4 Å². The summed E-state index contributed by atoms with van der Waals surface area (Å²) in [7, 11) is 0. The molecule has 0 aliphatic heterocycles. The van der Waals surface area contributed by atoms with Crippen LogP contribution in [0.3, 0.4) is 0 Å². The van der Waals surface area contributed by atoms with Gasteiger partial charge in [-0.2, -0.15) is 0 Å². The summed E-state index contributed by atoms with van der Waals surface area (Å²) in [5.74, 6) is 0. The van der Waals surface area contributed by atoms with Gasteiger partial charge in [0.25, 0.3) is 0 Å². The van der Waals surface area contributed by atoms with Crippen LogP contribution in [-0.2, 0) is 0 Å². The Kier molecular flexibility index (Phi) is 1.35. The summed E-state index contributed by atoms with van der Waals surface area (Å²) < 4.78 is 0. The van der Waals surface area contributed by atoms with Crippen molar-refractivity contribution in [2.75, 3.05) is 0 Å². The zero-order valence-electron chi connectivity index (χ0n) is 6.46. The van der Waals surface area contributed by atoms with Crippen molar-refractivity contribution in [1.82, 2.24) is 0 Å². The van der Waals surface area contributed by atoms with E-state index in [2.05, 4.69) is 36.2 Å². The van der Waals surface area contributed by atoms with Crippen LogP contribution in [0.15, 0.2) is 36.7 Å². The summed E-state index contributed by atoms with van der Waals surface area (Å²) in [6.45, 7) is 2.10. The van der Waals surface area contributed by atoms with Crippen LogP contribution >= 0.6 is 0 Å². The number of hydrogen-bond donors (Lipinski definition) is 0. The van der Waals surface area contributed by atoms with Crippen LogP contribution in [0.4, 0.5) is 0 Å². The smallest absolute Gasteiger partial charge is 0.174 e. The lowest BCUT2D eigenvalue weighted by Gasteiger charge is -1.93. The van der Waals surface area contributed by atoms with Crippen molar-refractivity contribution in [2.24, 2.45) is 0 Å². The Labute approximate surface area is 65.7 Å². The van der Waals surface area contributed by atoms with E-state index in [0.29, 0.717) is 0 Å². The Balaban J connectivity index is 2.83. The Hall–Kier alpha value is -1.37. The molecule has 1 N–H and O–H groups in total. The van der Waals surface area contributed by atoms with Crippen molar-refractivity contribution in [3.63, 3.8) is 0 Å². The predicted octanol–water partition coefficient (Wildman–Crippen LogP) is 1.96. The van der Waals surface area contributed by atoms with Crippen molar-refractivity contribution in [3.05, 3.63) is 42.2 Å². The number of aromatic amines is 1. The van der Waals surface area contributed by atoms with Crippen molar-refractivity contribution in [3.8, 4) is 0 Å². The molecule has 1 heterocycles. The van der Waals surface area contributed by atoms with Gasteiger partial charge in [-0.25, -0.2) is 4.98 Å². The fraction of sp³-hybridized carbons (Fsp3) is 0.100. The molecule has 1 nitrogen and oxygen atoms in total. The first-order chi connectivity index (χ1) is 5.36. The molecule has 0 saturated heterocycles. The van der Waals surface area contributed by atoms with Crippen LogP contribution in [0.1, 0.15) is 5.56 Å². The van der Waals surface area contributed by atoms with Gasteiger partial charge < -0.3 is 0 Å². The van der Waals surface area contributed by atoms with E-state index in [-0.39, 0.29) is 0 Å². The quantitative estimate of drug-likeness (QED) is 0.536. The first kappa shape index (κ1) is 6.35. The molecule has 2 rings (SSSR count). The topological polar surface area (TPSA) is 14.1 Å². The van der Waals surface area contributed by atoms with Crippen LogP contribution in [0.5, 0.6) is 0 Å². The SMILES string of the molecule is Cc1ccc2cc[nH+]cc2c1. The fourth-order valence-electron chi connectivity index (χ4n) is 1.25. The van der Waals surface area contributed by atoms with Gasteiger partial charge in [0.2, 0.25) is 0 Å². The third-order valence-electron chi connectivity index (χ3n) is 1.84. The molecular weight excluding hydrogens is 134 g/mol. The average molecular weight is 144 g/mol. The number of nitrogens with one attached hydrogen (secondary N) is 1. The third kappa shape index (κ3) is 1.09. The monoisotopic (exact) mass is 144 g/mol. The molecule has 0 aliphatic rings. The van der Waals surface area contributed by atoms with Gasteiger partial charge in [0.1, 0.15) is 0 Å². The lowest BCUT2D eigenvalue weighted by Crippen LogP contribution is -1.97. The Morgan fingerprint density at radius 3 is 2.91 bits per heavy atom. The normalized spacial score (nSPS) is 10.3. The first-order valence-corrected chi connectivity index (χ1v) is 3.73. The largest absolute Gasteiger partial charge is 0.217 e. The van der Waals surface area contributed by atoms with Crippen LogP contribution in [0.25, 0.3) is 10.8 Å². The number of aryl methyl sites for hydroxylation is 1. The van der Waals surface area contributed by atoms with E-state index in [1.165, 1.54) is 16.3 Å². The van der Waals surface area contributed by atoms with Gasteiger partial charge in [-0.3, -0.25) is 0 Å². The summed E-state index contributed by atoms with van der Waals surface area (Å²) in [6, 6.07) is 8.52. The van der Waals surface area contributed by atoms with E-state index in [1.807, 2.05) is 12.4 Å². The Bertz CT molecular complexity index is 379. The zero-order valence-corrected chi connectivity index (χ0v) is 6.46. The van der Waals surface area contributed by atoms with E-state index in [0.717, 1.165) is 0 Å². The Morgan fingerprint density at radius 2 is 2.00 bits per heavy atom. The molecule has 11 heavy (non-hydrogen) atoms. The van der Waals surface area contributed by atoms with E-state index >= 15 is 0 Å². The van der Waals surface area contributed by atoms with E-state index in [4.69, 9.17) is 0 Å². The highest BCUT2D eigenvalue weighted by molar-refractivity contribution is 5.81. The predicted molar refractivity (Wildman–Crippen MR) is 45.2 cm³/mol. The van der Waals surface area contributed by atoms with Gasteiger partial charge in [0, 0.05) is 11.5 Å². The minimum atomic E-state index is 1.27. The van der Waals surface area contributed by atoms with Crippen LogP contribution in [0, 0.1) is 6.92 Å². The molecule has 1 heteroatoms. The standard InChI is InChI=1S/C10H9N/c1-8-2-3-9-4-5-11-7-10(9)6-8/h2-7H,1H3/p+1. The van der Waals surface area contributed by atoms with Crippen molar-refractivity contribution >= 4 is 10.8 Å². The van der Waals surface area contributed by atoms with E-state index in [9.17, 15) is 0 Å².